The highest BCUT2D eigenvalue weighted by Gasteiger charge is 2.23. The van der Waals surface area contributed by atoms with Crippen LogP contribution < -0.4 is 10.6 Å². The van der Waals surface area contributed by atoms with Crippen LogP contribution in [0.1, 0.15) is 49.2 Å². The predicted octanol–water partition coefficient (Wildman–Crippen LogP) is 3.06. The monoisotopic (exact) mass is 464 g/mol. The van der Waals surface area contributed by atoms with E-state index in [-0.39, 0.29) is 29.7 Å². The Morgan fingerprint density at radius 2 is 1.56 bits per heavy atom. The zero-order valence-corrected chi connectivity index (χ0v) is 20.7. The van der Waals surface area contributed by atoms with E-state index in [1.54, 1.807) is 17.0 Å². The molecule has 0 bridgehead atoms. The number of hydrogen-bond donors (Lipinski definition) is 2. The molecule has 0 saturated carbocycles. The van der Waals surface area contributed by atoms with Crippen LogP contribution >= 0.6 is 0 Å². The zero-order chi connectivity index (χ0) is 24.7. The molecule has 182 valence electrons. The standard InChI is InChI=1S/C27H36N4O3/c1-5-20-8-6-7-9-23(20)29-24(32)19-30-14-16-31(17-15-30)25(33)18-28-26(34)21-10-12-22(13-11-21)27(2,3)4/h6-13H,5,14-19H2,1-4H3,(H,28,34)(H,29,32). The van der Waals surface area contributed by atoms with E-state index in [2.05, 4.69) is 38.3 Å². The van der Waals surface area contributed by atoms with Crippen LogP contribution in [0, 0.1) is 0 Å². The molecular formula is C27H36N4O3. The molecule has 2 aromatic carbocycles. The molecule has 7 heteroatoms. The molecule has 1 fully saturated rings. The van der Waals surface area contributed by atoms with Crippen LogP contribution in [0.2, 0.25) is 0 Å². The molecule has 1 saturated heterocycles. The smallest absolute Gasteiger partial charge is 0.251 e. The first-order valence-corrected chi connectivity index (χ1v) is 11.9. The molecule has 0 unspecified atom stereocenters. The van der Waals surface area contributed by atoms with Crippen molar-refractivity contribution in [3.05, 3.63) is 65.2 Å². The number of nitrogens with one attached hydrogen (secondary N) is 2. The Morgan fingerprint density at radius 3 is 2.18 bits per heavy atom. The van der Waals surface area contributed by atoms with Crippen molar-refractivity contribution < 1.29 is 14.4 Å². The zero-order valence-electron chi connectivity index (χ0n) is 20.7. The lowest BCUT2D eigenvalue weighted by molar-refractivity contribution is -0.132. The second kappa shape index (κ2) is 11.3. The van der Waals surface area contributed by atoms with Crippen molar-refractivity contribution >= 4 is 23.4 Å². The third-order valence-electron chi connectivity index (χ3n) is 6.18. The fourth-order valence-corrected chi connectivity index (χ4v) is 3.99. The van der Waals surface area contributed by atoms with Gasteiger partial charge in [-0.15, -0.1) is 0 Å². The molecule has 3 amide bonds. The quantitative estimate of drug-likeness (QED) is 0.660. The topological polar surface area (TPSA) is 81.8 Å². The van der Waals surface area contributed by atoms with E-state index in [1.807, 2.05) is 41.3 Å². The van der Waals surface area contributed by atoms with Gasteiger partial charge in [-0.25, -0.2) is 0 Å². The van der Waals surface area contributed by atoms with Crippen LogP contribution in [0.4, 0.5) is 5.69 Å². The van der Waals surface area contributed by atoms with Crippen molar-refractivity contribution in [2.24, 2.45) is 0 Å². The molecule has 0 aliphatic carbocycles. The predicted molar refractivity (Wildman–Crippen MR) is 135 cm³/mol. The van der Waals surface area contributed by atoms with Gasteiger partial charge in [-0.2, -0.15) is 0 Å². The summed E-state index contributed by atoms with van der Waals surface area (Å²) in [5, 5.41) is 5.72. The summed E-state index contributed by atoms with van der Waals surface area (Å²) in [6, 6.07) is 15.3. The van der Waals surface area contributed by atoms with Crippen LogP contribution in [0.15, 0.2) is 48.5 Å². The lowest BCUT2D eigenvalue weighted by Gasteiger charge is -2.34. The largest absolute Gasteiger partial charge is 0.343 e. The average molecular weight is 465 g/mol. The van der Waals surface area contributed by atoms with E-state index in [4.69, 9.17) is 0 Å². The normalized spacial score (nSPS) is 14.5. The minimum Gasteiger partial charge on any atom is -0.343 e. The van der Waals surface area contributed by atoms with Gasteiger partial charge in [-0.3, -0.25) is 19.3 Å². The number of aryl methyl sites for hydroxylation is 1. The minimum atomic E-state index is -0.253. The maximum Gasteiger partial charge on any atom is 0.251 e. The summed E-state index contributed by atoms with van der Waals surface area (Å²) in [5.74, 6) is -0.414. The van der Waals surface area contributed by atoms with Gasteiger partial charge >= 0.3 is 0 Å². The Hall–Kier alpha value is -3.19. The van der Waals surface area contributed by atoms with E-state index >= 15 is 0 Å². The van der Waals surface area contributed by atoms with Crippen LogP contribution in [0.5, 0.6) is 0 Å². The second-order valence-corrected chi connectivity index (χ2v) is 9.73. The number of carbonyl (C=O) groups excluding carboxylic acids is 3. The molecule has 7 nitrogen and oxygen atoms in total. The molecule has 34 heavy (non-hydrogen) atoms. The van der Waals surface area contributed by atoms with Crippen LogP contribution in [-0.4, -0.2) is 66.8 Å². The van der Waals surface area contributed by atoms with Gasteiger partial charge in [0.15, 0.2) is 0 Å². The minimum absolute atomic E-state index is 0.0216. The van der Waals surface area contributed by atoms with Crippen LogP contribution in [0.25, 0.3) is 0 Å². The summed E-state index contributed by atoms with van der Waals surface area (Å²) in [4.78, 5) is 41.3. The summed E-state index contributed by atoms with van der Waals surface area (Å²) in [7, 11) is 0. The molecule has 3 rings (SSSR count). The molecule has 0 radical (unpaired) electrons. The molecule has 2 N–H and O–H groups in total. The third-order valence-corrected chi connectivity index (χ3v) is 6.18. The van der Waals surface area contributed by atoms with Crippen molar-refractivity contribution in [2.45, 2.75) is 39.5 Å². The number of benzene rings is 2. The molecule has 1 aliphatic heterocycles. The maximum atomic E-state index is 12.6. The number of rotatable bonds is 7. The van der Waals surface area contributed by atoms with E-state index in [1.165, 1.54) is 0 Å². The summed E-state index contributed by atoms with van der Waals surface area (Å²) in [6.45, 7) is 11.0. The van der Waals surface area contributed by atoms with Crippen LogP contribution in [0.3, 0.4) is 0 Å². The molecule has 0 aromatic heterocycles. The molecule has 0 atom stereocenters. The molecular weight excluding hydrogens is 428 g/mol. The van der Waals surface area contributed by atoms with Gasteiger partial charge in [0, 0.05) is 37.4 Å². The Labute approximate surface area is 202 Å². The number of piperazine rings is 1. The number of carbonyl (C=O) groups is 3. The number of para-hydroxylation sites is 1. The highest BCUT2D eigenvalue weighted by Crippen LogP contribution is 2.22. The maximum absolute atomic E-state index is 12.6. The molecule has 2 aromatic rings. The van der Waals surface area contributed by atoms with Crippen molar-refractivity contribution in [1.29, 1.82) is 0 Å². The van der Waals surface area contributed by atoms with Gasteiger partial charge in [0.05, 0.1) is 13.1 Å². The second-order valence-electron chi connectivity index (χ2n) is 9.73. The number of anilines is 1. The number of hydrogen-bond acceptors (Lipinski definition) is 4. The van der Waals surface area contributed by atoms with Crippen molar-refractivity contribution in [1.82, 2.24) is 15.1 Å². The van der Waals surface area contributed by atoms with Gasteiger partial charge in [0.2, 0.25) is 11.8 Å². The van der Waals surface area contributed by atoms with Gasteiger partial charge in [-0.1, -0.05) is 58.0 Å². The Kier molecular flexibility index (Phi) is 8.45. The summed E-state index contributed by atoms with van der Waals surface area (Å²) >= 11 is 0. The number of nitrogens with zero attached hydrogens (tertiary/aromatic N) is 2. The first-order chi connectivity index (χ1) is 16.2. The molecule has 1 aliphatic rings. The summed E-state index contributed by atoms with van der Waals surface area (Å²) < 4.78 is 0. The number of amides is 3. The highest BCUT2D eigenvalue weighted by atomic mass is 16.2. The van der Waals surface area contributed by atoms with Crippen LogP contribution in [-0.2, 0) is 21.4 Å². The average Bonchev–Trinajstić information content (AvgIpc) is 2.82. The van der Waals surface area contributed by atoms with E-state index < -0.39 is 0 Å². The first-order valence-electron chi connectivity index (χ1n) is 11.9. The SMILES string of the molecule is CCc1ccccc1NC(=O)CN1CCN(C(=O)CNC(=O)c2ccc(C(C)(C)C)cc2)CC1. The Bertz CT molecular complexity index is 1000. The summed E-state index contributed by atoms with van der Waals surface area (Å²) in [6.07, 6.45) is 0.857. The van der Waals surface area contributed by atoms with E-state index in [9.17, 15) is 14.4 Å². The lowest BCUT2D eigenvalue weighted by Crippen LogP contribution is -2.52. The van der Waals surface area contributed by atoms with E-state index in [0.717, 1.165) is 23.2 Å². The highest BCUT2D eigenvalue weighted by molar-refractivity contribution is 5.96. The Balaban J connectivity index is 1.41. The van der Waals surface area contributed by atoms with Gasteiger partial charge < -0.3 is 15.5 Å². The molecule has 0 spiro atoms. The van der Waals surface area contributed by atoms with Crippen molar-refractivity contribution in [2.75, 3.05) is 44.6 Å². The fraction of sp³-hybridized carbons (Fsp3) is 0.444. The van der Waals surface area contributed by atoms with Crippen molar-refractivity contribution in [3.63, 3.8) is 0 Å². The lowest BCUT2D eigenvalue weighted by atomic mass is 9.87. The Morgan fingerprint density at radius 1 is 0.912 bits per heavy atom. The van der Waals surface area contributed by atoms with E-state index in [0.29, 0.717) is 38.3 Å². The third kappa shape index (κ3) is 6.90. The molecule has 1 heterocycles. The first kappa shape index (κ1) is 25.4. The van der Waals surface area contributed by atoms with Gasteiger partial charge in [0.25, 0.3) is 5.91 Å². The van der Waals surface area contributed by atoms with Gasteiger partial charge in [0.1, 0.15) is 0 Å². The van der Waals surface area contributed by atoms with Crippen molar-refractivity contribution in [3.8, 4) is 0 Å². The fourth-order valence-electron chi connectivity index (χ4n) is 3.99. The summed E-state index contributed by atoms with van der Waals surface area (Å²) in [5.41, 5.74) is 3.68. The van der Waals surface area contributed by atoms with Gasteiger partial charge in [-0.05, 0) is 41.2 Å².